The van der Waals surface area contributed by atoms with Crippen LogP contribution in [0, 0.1) is 12.8 Å². The molecule has 1 aromatic heterocycles. The predicted octanol–water partition coefficient (Wildman–Crippen LogP) is 4.60. The zero-order chi connectivity index (χ0) is 19.8. The van der Waals surface area contributed by atoms with Crippen LogP contribution in [0.15, 0.2) is 34.0 Å². The lowest BCUT2D eigenvalue weighted by Crippen LogP contribution is -2.33. The lowest BCUT2D eigenvalue weighted by molar-refractivity contribution is -0.124. The van der Waals surface area contributed by atoms with E-state index in [1.165, 1.54) is 32.1 Å². The number of aryl methyl sites for hydroxylation is 1. The summed E-state index contributed by atoms with van der Waals surface area (Å²) in [6, 6.07) is 7.36. The van der Waals surface area contributed by atoms with Gasteiger partial charge >= 0.3 is 5.97 Å². The van der Waals surface area contributed by atoms with Gasteiger partial charge < -0.3 is 10.1 Å². The van der Waals surface area contributed by atoms with Gasteiger partial charge in [0.25, 0.3) is 5.91 Å². The highest BCUT2D eigenvalue weighted by molar-refractivity contribution is 8.00. The molecule has 1 amide bonds. The lowest BCUT2D eigenvalue weighted by atomic mass is 9.89. The number of nitrogens with one attached hydrogen (secondary N) is 1. The highest BCUT2D eigenvalue weighted by atomic mass is 32.2. The molecule has 1 N–H and O–H groups in total. The fourth-order valence-corrected chi connectivity index (χ4v) is 5.15. The molecular formula is C21H26N2O3S2. The minimum Gasteiger partial charge on any atom is -0.452 e. The smallest absolute Gasteiger partial charge is 0.338 e. The van der Waals surface area contributed by atoms with Gasteiger partial charge in [-0.1, -0.05) is 49.2 Å². The normalized spacial score (nSPS) is 14.6. The second kappa shape index (κ2) is 10.6. The maximum atomic E-state index is 12.5. The van der Waals surface area contributed by atoms with Crippen LogP contribution >= 0.6 is 23.1 Å². The van der Waals surface area contributed by atoms with E-state index in [4.69, 9.17) is 4.74 Å². The molecule has 0 unspecified atom stereocenters. The molecule has 1 aliphatic rings. The third-order valence-corrected chi connectivity index (χ3v) is 7.02. The number of ether oxygens (including phenoxy) is 1. The van der Waals surface area contributed by atoms with Gasteiger partial charge in [0, 0.05) is 23.4 Å². The summed E-state index contributed by atoms with van der Waals surface area (Å²) in [4.78, 5) is 28.9. The van der Waals surface area contributed by atoms with Gasteiger partial charge in [0.15, 0.2) is 6.61 Å². The number of esters is 1. The van der Waals surface area contributed by atoms with Gasteiger partial charge in [0.2, 0.25) is 0 Å². The highest BCUT2D eigenvalue weighted by Crippen LogP contribution is 2.27. The molecular weight excluding hydrogens is 392 g/mol. The number of rotatable bonds is 8. The maximum absolute atomic E-state index is 12.5. The van der Waals surface area contributed by atoms with Crippen LogP contribution in [0.1, 0.15) is 53.7 Å². The van der Waals surface area contributed by atoms with E-state index in [1.807, 2.05) is 24.4 Å². The van der Waals surface area contributed by atoms with Gasteiger partial charge in [-0.05, 0) is 37.3 Å². The Labute approximate surface area is 174 Å². The zero-order valence-corrected chi connectivity index (χ0v) is 17.7. The lowest BCUT2D eigenvalue weighted by Gasteiger charge is -2.21. The summed E-state index contributed by atoms with van der Waals surface area (Å²) >= 11 is 3.19. The summed E-state index contributed by atoms with van der Waals surface area (Å²) < 4.78 is 6.23. The molecule has 0 saturated heterocycles. The molecule has 1 saturated carbocycles. The van der Waals surface area contributed by atoms with Crippen molar-refractivity contribution in [3.05, 3.63) is 46.5 Å². The number of aromatic nitrogens is 1. The number of hydrogen-bond donors (Lipinski definition) is 1. The summed E-state index contributed by atoms with van der Waals surface area (Å²) in [5.74, 6) is 0.496. The summed E-state index contributed by atoms with van der Waals surface area (Å²) in [5, 5.41) is 4.90. The standard InChI is InChI=1S/C21H26N2O3S2/c1-15-13-27-21(23-15)28-14-17-9-5-6-10-18(17)20(25)26-12-19(24)22-11-16-7-3-2-4-8-16/h5-6,9-10,13,16H,2-4,7-8,11-12,14H2,1H3,(H,22,24). The van der Waals surface area contributed by atoms with Crippen LogP contribution in [0.4, 0.5) is 0 Å². The van der Waals surface area contributed by atoms with Crippen LogP contribution in [-0.4, -0.2) is 30.0 Å². The molecule has 0 radical (unpaired) electrons. The fraction of sp³-hybridized carbons (Fsp3) is 0.476. The van der Waals surface area contributed by atoms with Crippen molar-refractivity contribution >= 4 is 35.0 Å². The first-order valence-electron chi connectivity index (χ1n) is 9.68. The van der Waals surface area contributed by atoms with Gasteiger partial charge in [-0.25, -0.2) is 9.78 Å². The second-order valence-electron chi connectivity index (χ2n) is 7.08. The average Bonchev–Trinajstić information content (AvgIpc) is 3.15. The Kier molecular flexibility index (Phi) is 7.91. The van der Waals surface area contributed by atoms with E-state index in [9.17, 15) is 9.59 Å². The van der Waals surface area contributed by atoms with Crippen molar-refractivity contribution < 1.29 is 14.3 Å². The van der Waals surface area contributed by atoms with Crippen LogP contribution in [0.25, 0.3) is 0 Å². The van der Waals surface area contributed by atoms with Crippen molar-refractivity contribution in [2.75, 3.05) is 13.2 Å². The van der Waals surface area contributed by atoms with Gasteiger partial charge in [-0.15, -0.1) is 11.3 Å². The third-order valence-electron chi connectivity index (χ3n) is 4.83. The van der Waals surface area contributed by atoms with Gasteiger partial charge in [0.05, 0.1) is 5.56 Å². The topological polar surface area (TPSA) is 68.3 Å². The molecule has 28 heavy (non-hydrogen) atoms. The number of thioether (sulfide) groups is 1. The monoisotopic (exact) mass is 418 g/mol. The van der Waals surface area contributed by atoms with Crippen molar-refractivity contribution in [1.82, 2.24) is 10.3 Å². The predicted molar refractivity (Wildman–Crippen MR) is 113 cm³/mol. The van der Waals surface area contributed by atoms with Gasteiger partial charge in [-0.3, -0.25) is 4.79 Å². The second-order valence-corrected chi connectivity index (χ2v) is 9.17. The first-order valence-corrected chi connectivity index (χ1v) is 11.5. The molecule has 1 aromatic carbocycles. The molecule has 3 rings (SSSR count). The molecule has 1 fully saturated rings. The molecule has 1 aliphatic carbocycles. The average molecular weight is 419 g/mol. The Hall–Kier alpha value is -1.86. The Morgan fingerprint density at radius 1 is 1.25 bits per heavy atom. The Balaban J connectivity index is 1.47. The van der Waals surface area contributed by atoms with Crippen molar-refractivity contribution in [3.8, 4) is 0 Å². The Morgan fingerprint density at radius 3 is 2.79 bits per heavy atom. The Bertz CT molecular complexity index is 800. The van der Waals surface area contributed by atoms with Crippen LogP contribution in [0.3, 0.4) is 0 Å². The summed E-state index contributed by atoms with van der Waals surface area (Å²) in [5.41, 5.74) is 2.38. The largest absolute Gasteiger partial charge is 0.452 e. The highest BCUT2D eigenvalue weighted by Gasteiger charge is 2.17. The number of thiazole rings is 1. The minimum atomic E-state index is -0.459. The van der Waals surface area contributed by atoms with Gasteiger partial charge in [-0.2, -0.15) is 0 Å². The minimum absolute atomic E-state index is 0.232. The molecule has 0 spiro atoms. The molecule has 2 aromatic rings. The molecule has 150 valence electrons. The molecule has 1 heterocycles. The van der Waals surface area contributed by atoms with E-state index in [1.54, 1.807) is 35.2 Å². The van der Waals surface area contributed by atoms with E-state index in [2.05, 4.69) is 10.3 Å². The quantitative estimate of drug-likeness (QED) is 0.501. The van der Waals surface area contributed by atoms with Crippen molar-refractivity contribution in [2.24, 2.45) is 5.92 Å². The van der Waals surface area contributed by atoms with Crippen LogP contribution < -0.4 is 5.32 Å². The maximum Gasteiger partial charge on any atom is 0.338 e. The number of carbonyl (C=O) groups excluding carboxylic acids is 2. The van der Waals surface area contributed by atoms with Gasteiger partial charge in [0.1, 0.15) is 4.34 Å². The van der Waals surface area contributed by atoms with E-state index >= 15 is 0 Å². The summed E-state index contributed by atoms with van der Waals surface area (Å²) in [6.45, 7) is 2.40. The number of carbonyl (C=O) groups is 2. The van der Waals surface area contributed by atoms with Crippen molar-refractivity contribution in [1.29, 1.82) is 0 Å². The third kappa shape index (κ3) is 6.34. The van der Waals surface area contributed by atoms with Crippen LogP contribution in [-0.2, 0) is 15.3 Å². The fourth-order valence-electron chi connectivity index (χ4n) is 3.29. The van der Waals surface area contributed by atoms with E-state index < -0.39 is 5.97 Å². The SMILES string of the molecule is Cc1csc(SCc2ccccc2C(=O)OCC(=O)NCC2CCCCC2)n1. The molecule has 7 heteroatoms. The van der Waals surface area contributed by atoms with Crippen LogP contribution in [0.5, 0.6) is 0 Å². The number of nitrogens with zero attached hydrogens (tertiary/aromatic N) is 1. The molecule has 0 bridgehead atoms. The first-order chi connectivity index (χ1) is 13.6. The molecule has 5 nitrogen and oxygen atoms in total. The number of benzene rings is 1. The van der Waals surface area contributed by atoms with E-state index in [0.717, 1.165) is 15.6 Å². The Morgan fingerprint density at radius 2 is 2.04 bits per heavy atom. The molecule has 0 atom stereocenters. The van der Waals surface area contributed by atoms with Crippen molar-refractivity contribution in [3.63, 3.8) is 0 Å². The van der Waals surface area contributed by atoms with E-state index in [0.29, 0.717) is 23.8 Å². The van der Waals surface area contributed by atoms with E-state index in [-0.39, 0.29) is 12.5 Å². The van der Waals surface area contributed by atoms with Crippen LogP contribution in [0.2, 0.25) is 0 Å². The zero-order valence-electron chi connectivity index (χ0n) is 16.1. The number of hydrogen-bond acceptors (Lipinski definition) is 6. The first kappa shape index (κ1) is 20.9. The van der Waals surface area contributed by atoms with Crippen molar-refractivity contribution in [2.45, 2.75) is 49.1 Å². The number of amides is 1. The summed E-state index contributed by atoms with van der Waals surface area (Å²) in [7, 11) is 0. The summed E-state index contributed by atoms with van der Waals surface area (Å²) in [6.07, 6.45) is 6.12. The molecule has 0 aliphatic heterocycles.